The monoisotopic (exact) mass is 317 g/mol. The van der Waals surface area contributed by atoms with Crippen molar-refractivity contribution in [2.75, 3.05) is 10.6 Å². The van der Waals surface area contributed by atoms with Crippen LogP contribution in [0.15, 0.2) is 18.2 Å². The Kier molecular flexibility index (Phi) is 3.58. The van der Waals surface area contributed by atoms with Gasteiger partial charge in [0.1, 0.15) is 11.4 Å². The molecule has 7 heteroatoms. The minimum Gasteiger partial charge on any atom is -0.479 e. The van der Waals surface area contributed by atoms with E-state index in [1.165, 1.54) is 11.3 Å². The van der Waals surface area contributed by atoms with Crippen molar-refractivity contribution in [1.29, 1.82) is 0 Å². The number of nitrogens with one attached hydrogen (secondary N) is 2. The molecule has 0 unspecified atom stereocenters. The summed E-state index contributed by atoms with van der Waals surface area (Å²) in [5.41, 5.74) is 1.55. The third kappa shape index (κ3) is 2.67. The molecule has 2 N–H and O–H groups in total. The predicted molar refractivity (Wildman–Crippen MR) is 84.7 cm³/mol. The van der Waals surface area contributed by atoms with Gasteiger partial charge >= 0.3 is 0 Å². The van der Waals surface area contributed by atoms with Crippen molar-refractivity contribution in [2.45, 2.75) is 26.9 Å². The standard InChI is InChI=1S/C15H15N3O3S/c1-7-14(19)18-11-6-10(4-5-12(11)21-7)17-15(20)13-8(2)22-9(3)16-13/h4-7H,1-3H3,(H,17,20)(H,18,19)/t7-/m1/s1. The molecule has 1 atom stereocenters. The molecule has 0 aliphatic carbocycles. The molecule has 0 spiro atoms. The number of amides is 2. The van der Waals surface area contributed by atoms with Gasteiger partial charge in [-0.15, -0.1) is 11.3 Å². The third-order valence-corrected chi connectivity index (χ3v) is 4.17. The van der Waals surface area contributed by atoms with Gasteiger partial charge in [-0.3, -0.25) is 9.59 Å². The zero-order chi connectivity index (χ0) is 15.9. The van der Waals surface area contributed by atoms with Gasteiger partial charge in [-0.25, -0.2) is 4.98 Å². The molecule has 1 aromatic carbocycles. The summed E-state index contributed by atoms with van der Waals surface area (Å²) in [6.45, 7) is 5.41. The van der Waals surface area contributed by atoms with Crippen LogP contribution >= 0.6 is 11.3 Å². The number of rotatable bonds is 2. The highest BCUT2D eigenvalue weighted by Crippen LogP contribution is 2.32. The summed E-state index contributed by atoms with van der Waals surface area (Å²) in [5, 5.41) is 6.39. The van der Waals surface area contributed by atoms with Crippen LogP contribution in [0.1, 0.15) is 27.3 Å². The summed E-state index contributed by atoms with van der Waals surface area (Å²) in [7, 11) is 0. The van der Waals surface area contributed by atoms with Crippen LogP contribution in [0.4, 0.5) is 11.4 Å². The van der Waals surface area contributed by atoms with Gasteiger partial charge in [0.05, 0.1) is 10.7 Å². The number of nitrogens with zero attached hydrogens (tertiary/aromatic N) is 1. The van der Waals surface area contributed by atoms with E-state index in [2.05, 4.69) is 15.6 Å². The van der Waals surface area contributed by atoms with Gasteiger partial charge in [-0.1, -0.05) is 0 Å². The smallest absolute Gasteiger partial charge is 0.275 e. The SMILES string of the molecule is Cc1nc(C(=O)Nc2ccc3c(c2)NC(=O)[C@@H](C)O3)c(C)s1. The highest BCUT2D eigenvalue weighted by atomic mass is 32.1. The first-order chi connectivity index (χ1) is 10.4. The van der Waals surface area contributed by atoms with Crippen molar-refractivity contribution in [1.82, 2.24) is 4.98 Å². The Balaban J connectivity index is 1.82. The van der Waals surface area contributed by atoms with Crippen molar-refractivity contribution in [3.8, 4) is 5.75 Å². The van der Waals surface area contributed by atoms with Crippen molar-refractivity contribution in [3.05, 3.63) is 33.8 Å². The average molecular weight is 317 g/mol. The molecule has 0 radical (unpaired) electrons. The van der Waals surface area contributed by atoms with E-state index in [-0.39, 0.29) is 11.8 Å². The Morgan fingerprint density at radius 3 is 2.86 bits per heavy atom. The number of ether oxygens (including phenoxy) is 1. The van der Waals surface area contributed by atoms with Crippen LogP contribution in [0.3, 0.4) is 0 Å². The number of fused-ring (bicyclic) bond motifs is 1. The molecule has 3 rings (SSSR count). The molecule has 0 fully saturated rings. The van der Waals surface area contributed by atoms with Crippen molar-refractivity contribution in [2.24, 2.45) is 0 Å². The maximum absolute atomic E-state index is 12.2. The molecule has 114 valence electrons. The quantitative estimate of drug-likeness (QED) is 0.892. The molecule has 22 heavy (non-hydrogen) atoms. The van der Waals surface area contributed by atoms with Crippen molar-refractivity contribution < 1.29 is 14.3 Å². The number of aromatic nitrogens is 1. The maximum atomic E-state index is 12.2. The zero-order valence-electron chi connectivity index (χ0n) is 12.4. The number of thiazole rings is 1. The fourth-order valence-electron chi connectivity index (χ4n) is 2.22. The minimum atomic E-state index is -0.520. The molecule has 2 heterocycles. The lowest BCUT2D eigenvalue weighted by molar-refractivity contribution is -0.122. The number of anilines is 2. The molecule has 0 saturated carbocycles. The summed E-state index contributed by atoms with van der Waals surface area (Å²) < 4.78 is 5.48. The summed E-state index contributed by atoms with van der Waals surface area (Å²) in [5.74, 6) is 0.117. The lowest BCUT2D eigenvalue weighted by Gasteiger charge is -2.23. The van der Waals surface area contributed by atoms with Gasteiger partial charge in [-0.05, 0) is 39.0 Å². The molecule has 1 aliphatic rings. The third-order valence-electron chi connectivity index (χ3n) is 3.29. The Morgan fingerprint density at radius 2 is 2.18 bits per heavy atom. The molecule has 1 aliphatic heterocycles. The van der Waals surface area contributed by atoms with E-state index in [9.17, 15) is 9.59 Å². The second kappa shape index (κ2) is 5.42. The Hall–Kier alpha value is -2.41. The molecule has 1 aromatic heterocycles. The van der Waals surface area contributed by atoms with Crippen LogP contribution in [-0.4, -0.2) is 22.9 Å². The second-order valence-corrected chi connectivity index (χ2v) is 6.46. The van der Waals surface area contributed by atoms with Crippen LogP contribution in [0.5, 0.6) is 5.75 Å². The van der Waals surface area contributed by atoms with E-state index < -0.39 is 6.10 Å². The largest absolute Gasteiger partial charge is 0.479 e. The number of carbonyl (C=O) groups excluding carboxylic acids is 2. The second-order valence-electron chi connectivity index (χ2n) is 5.05. The van der Waals surface area contributed by atoms with E-state index in [4.69, 9.17) is 4.74 Å². The highest BCUT2D eigenvalue weighted by Gasteiger charge is 2.24. The molecule has 6 nitrogen and oxygen atoms in total. The lowest BCUT2D eigenvalue weighted by Crippen LogP contribution is -2.34. The fraction of sp³-hybridized carbons (Fsp3) is 0.267. The van der Waals surface area contributed by atoms with Crippen LogP contribution in [0.25, 0.3) is 0 Å². The van der Waals surface area contributed by atoms with Gasteiger partial charge in [0.25, 0.3) is 11.8 Å². The number of hydrogen-bond acceptors (Lipinski definition) is 5. The Bertz CT molecular complexity index is 769. The van der Waals surface area contributed by atoms with Crippen LogP contribution in [0, 0.1) is 13.8 Å². The molecular weight excluding hydrogens is 302 g/mol. The predicted octanol–water partition coefficient (Wildman–Crippen LogP) is 2.73. The summed E-state index contributed by atoms with van der Waals surface area (Å²) >= 11 is 1.48. The van der Waals surface area contributed by atoms with E-state index in [1.807, 2.05) is 13.8 Å². The van der Waals surface area contributed by atoms with Gasteiger partial charge in [-0.2, -0.15) is 0 Å². The number of hydrogen-bond donors (Lipinski definition) is 2. The lowest BCUT2D eigenvalue weighted by atomic mass is 10.2. The van der Waals surface area contributed by atoms with E-state index >= 15 is 0 Å². The summed E-state index contributed by atoms with van der Waals surface area (Å²) in [6.07, 6.45) is -0.520. The van der Waals surface area contributed by atoms with Crippen LogP contribution in [-0.2, 0) is 4.79 Å². The van der Waals surface area contributed by atoms with Gasteiger partial charge < -0.3 is 15.4 Å². The van der Waals surface area contributed by atoms with Crippen molar-refractivity contribution in [3.63, 3.8) is 0 Å². The van der Waals surface area contributed by atoms with Crippen LogP contribution in [0.2, 0.25) is 0 Å². The van der Waals surface area contributed by atoms with E-state index in [0.29, 0.717) is 22.8 Å². The molecule has 2 amide bonds. The molecule has 0 saturated heterocycles. The number of benzene rings is 1. The maximum Gasteiger partial charge on any atom is 0.275 e. The highest BCUT2D eigenvalue weighted by molar-refractivity contribution is 7.11. The summed E-state index contributed by atoms with van der Waals surface area (Å²) in [6, 6.07) is 5.13. The average Bonchev–Trinajstić information content (AvgIpc) is 2.79. The topological polar surface area (TPSA) is 80.3 Å². The molecule has 2 aromatic rings. The van der Waals surface area contributed by atoms with Gasteiger partial charge in [0.2, 0.25) is 0 Å². The fourth-order valence-corrected chi connectivity index (χ4v) is 3.03. The van der Waals surface area contributed by atoms with Crippen molar-refractivity contribution >= 4 is 34.5 Å². The van der Waals surface area contributed by atoms with E-state index in [1.54, 1.807) is 25.1 Å². The first-order valence-corrected chi connectivity index (χ1v) is 7.62. The van der Waals surface area contributed by atoms with Crippen LogP contribution < -0.4 is 15.4 Å². The normalized spacial score (nSPS) is 16.5. The van der Waals surface area contributed by atoms with Gasteiger partial charge in [0, 0.05) is 10.6 Å². The first-order valence-electron chi connectivity index (χ1n) is 6.81. The first kappa shape index (κ1) is 14.5. The Labute approximate surface area is 131 Å². The molecular formula is C15H15N3O3S. The van der Waals surface area contributed by atoms with Gasteiger partial charge in [0.15, 0.2) is 6.10 Å². The Morgan fingerprint density at radius 1 is 1.41 bits per heavy atom. The zero-order valence-corrected chi connectivity index (χ0v) is 13.2. The number of carbonyl (C=O) groups is 2. The van der Waals surface area contributed by atoms with E-state index in [0.717, 1.165) is 9.88 Å². The number of aryl methyl sites for hydroxylation is 2. The summed E-state index contributed by atoms with van der Waals surface area (Å²) in [4.78, 5) is 29.0. The minimum absolute atomic E-state index is 0.207. The molecule has 0 bridgehead atoms.